The standard InChI is InChI=1S/C25H26N2O4/c1-29-23-11-10-19(16-24(23)30-17-18-12-14-26-15-13-18)27-25(28)21-8-4-5-9-22(21)31-20-6-2-3-7-20/h4-5,8-16,20H,2-3,6-7,17H2,1H3,(H,27,28). The Labute approximate surface area is 182 Å². The zero-order chi connectivity index (χ0) is 21.5. The van der Waals surface area contributed by atoms with Crippen molar-refractivity contribution in [2.75, 3.05) is 12.4 Å². The monoisotopic (exact) mass is 418 g/mol. The van der Waals surface area contributed by atoms with Crippen LogP contribution in [-0.2, 0) is 6.61 Å². The predicted molar refractivity (Wildman–Crippen MR) is 119 cm³/mol. The van der Waals surface area contributed by atoms with E-state index >= 15 is 0 Å². The Balaban J connectivity index is 1.48. The molecule has 1 fully saturated rings. The summed E-state index contributed by atoms with van der Waals surface area (Å²) < 4.78 is 17.4. The van der Waals surface area contributed by atoms with E-state index in [9.17, 15) is 4.79 Å². The smallest absolute Gasteiger partial charge is 0.259 e. The molecule has 0 bridgehead atoms. The summed E-state index contributed by atoms with van der Waals surface area (Å²) in [5, 5.41) is 2.95. The normalized spacial score (nSPS) is 13.6. The number of benzene rings is 2. The first-order valence-electron chi connectivity index (χ1n) is 10.5. The molecule has 31 heavy (non-hydrogen) atoms. The number of anilines is 1. The minimum absolute atomic E-state index is 0.183. The van der Waals surface area contributed by atoms with Crippen LogP contribution < -0.4 is 19.5 Å². The van der Waals surface area contributed by atoms with Crippen LogP contribution in [0.3, 0.4) is 0 Å². The summed E-state index contributed by atoms with van der Waals surface area (Å²) in [6.07, 6.45) is 8.04. The summed E-state index contributed by atoms with van der Waals surface area (Å²) in [6.45, 7) is 0.369. The lowest BCUT2D eigenvalue weighted by Crippen LogP contribution is -2.17. The lowest BCUT2D eigenvalue weighted by atomic mass is 10.1. The Hall–Kier alpha value is -3.54. The van der Waals surface area contributed by atoms with Gasteiger partial charge in [0.2, 0.25) is 0 Å². The van der Waals surface area contributed by atoms with Crippen molar-refractivity contribution < 1.29 is 19.0 Å². The first kappa shape index (κ1) is 20.7. The molecule has 0 unspecified atom stereocenters. The molecule has 0 saturated heterocycles. The highest BCUT2D eigenvalue weighted by atomic mass is 16.5. The number of hydrogen-bond acceptors (Lipinski definition) is 5. The highest BCUT2D eigenvalue weighted by Crippen LogP contribution is 2.32. The number of pyridine rings is 1. The number of nitrogens with one attached hydrogen (secondary N) is 1. The number of hydrogen-bond donors (Lipinski definition) is 1. The fourth-order valence-corrected chi connectivity index (χ4v) is 3.65. The number of amides is 1. The van der Waals surface area contributed by atoms with E-state index in [1.807, 2.05) is 30.3 Å². The Morgan fingerprint density at radius 3 is 2.55 bits per heavy atom. The average molecular weight is 418 g/mol. The Kier molecular flexibility index (Phi) is 6.67. The van der Waals surface area contributed by atoms with E-state index in [1.54, 1.807) is 43.8 Å². The molecule has 4 rings (SSSR count). The van der Waals surface area contributed by atoms with E-state index in [2.05, 4.69) is 10.3 Å². The van der Waals surface area contributed by atoms with E-state index in [4.69, 9.17) is 14.2 Å². The van der Waals surface area contributed by atoms with Gasteiger partial charge in [0.05, 0.1) is 18.8 Å². The van der Waals surface area contributed by atoms with Gasteiger partial charge in [-0.1, -0.05) is 12.1 Å². The molecular formula is C25H26N2O4. The SMILES string of the molecule is COc1ccc(NC(=O)c2ccccc2OC2CCCC2)cc1OCc1ccncc1. The number of carbonyl (C=O) groups is 1. The van der Waals surface area contributed by atoms with Crippen molar-refractivity contribution in [3.63, 3.8) is 0 Å². The van der Waals surface area contributed by atoms with E-state index in [1.165, 1.54) is 12.8 Å². The zero-order valence-corrected chi connectivity index (χ0v) is 17.5. The summed E-state index contributed by atoms with van der Waals surface area (Å²) in [5.74, 6) is 1.54. The molecule has 1 aromatic heterocycles. The Morgan fingerprint density at radius 1 is 1.00 bits per heavy atom. The third-order valence-electron chi connectivity index (χ3n) is 5.29. The molecule has 1 aliphatic rings. The molecule has 0 aliphatic heterocycles. The largest absolute Gasteiger partial charge is 0.493 e. The van der Waals surface area contributed by atoms with Gasteiger partial charge in [0.15, 0.2) is 11.5 Å². The van der Waals surface area contributed by atoms with Crippen molar-refractivity contribution >= 4 is 11.6 Å². The molecule has 1 aliphatic carbocycles. The van der Waals surface area contributed by atoms with Gasteiger partial charge in [-0.25, -0.2) is 0 Å². The number of para-hydroxylation sites is 1. The van der Waals surface area contributed by atoms with Gasteiger partial charge in [-0.3, -0.25) is 9.78 Å². The molecule has 1 amide bonds. The van der Waals surface area contributed by atoms with Crippen molar-refractivity contribution in [3.05, 3.63) is 78.1 Å². The lowest BCUT2D eigenvalue weighted by molar-refractivity contribution is 0.101. The number of rotatable bonds is 8. The van der Waals surface area contributed by atoms with E-state index in [0.29, 0.717) is 35.1 Å². The van der Waals surface area contributed by atoms with E-state index < -0.39 is 0 Å². The maximum absolute atomic E-state index is 13.0. The number of ether oxygens (including phenoxy) is 3. The molecule has 3 aromatic rings. The van der Waals surface area contributed by atoms with Gasteiger partial charge in [0.25, 0.3) is 5.91 Å². The third kappa shape index (κ3) is 5.34. The van der Waals surface area contributed by atoms with Crippen molar-refractivity contribution in [1.29, 1.82) is 0 Å². The topological polar surface area (TPSA) is 69.7 Å². The Bertz CT molecular complexity index is 1020. The second kappa shape index (κ2) is 9.98. The number of methoxy groups -OCH3 is 1. The van der Waals surface area contributed by atoms with Crippen LogP contribution in [0.15, 0.2) is 67.0 Å². The fourth-order valence-electron chi connectivity index (χ4n) is 3.65. The molecule has 6 heteroatoms. The van der Waals surface area contributed by atoms with E-state index in [0.717, 1.165) is 18.4 Å². The molecule has 1 heterocycles. The summed E-state index contributed by atoms with van der Waals surface area (Å²) in [7, 11) is 1.59. The first-order valence-corrected chi connectivity index (χ1v) is 10.5. The number of nitrogens with zero attached hydrogens (tertiary/aromatic N) is 1. The molecule has 1 saturated carbocycles. The quantitative estimate of drug-likeness (QED) is 0.542. The van der Waals surface area contributed by atoms with Gasteiger partial charge in [-0.05, 0) is 67.6 Å². The molecule has 0 atom stereocenters. The van der Waals surface area contributed by atoms with Crippen molar-refractivity contribution in [1.82, 2.24) is 4.98 Å². The van der Waals surface area contributed by atoms with Crippen LogP contribution >= 0.6 is 0 Å². The highest BCUT2D eigenvalue weighted by Gasteiger charge is 2.20. The van der Waals surface area contributed by atoms with Gasteiger partial charge in [0, 0.05) is 24.1 Å². The maximum Gasteiger partial charge on any atom is 0.259 e. The zero-order valence-electron chi connectivity index (χ0n) is 17.5. The molecule has 160 valence electrons. The van der Waals surface area contributed by atoms with E-state index in [-0.39, 0.29) is 12.0 Å². The second-order valence-electron chi connectivity index (χ2n) is 7.48. The number of carbonyl (C=O) groups excluding carboxylic acids is 1. The fraction of sp³-hybridized carbons (Fsp3) is 0.280. The van der Waals surface area contributed by atoms with Gasteiger partial charge < -0.3 is 19.5 Å². The first-order chi connectivity index (χ1) is 15.2. The second-order valence-corrected chi connectivity index (χ2v) is 7.48. The van der Waals surface area contributed by atoms with Crippen molar-refractivity contribution in [2.24, 2.45) is 0 Å². The van der Waals surface area contributed by atoms with Crippen LogP contribution in [0, 0.1) is 0 Å². The molecule has 0 radical (unpaired) electrons. The number of aromatic nitrogens is 1. The molecule has 6 nitrogen and oxygen atoms in total. The van der Waals surface area contributed by atoms with Gasteiger partial charge in [-0.2, -0.15) is 0 Å². The highest BCUT2D eigenvalue weighted by molar-refractivity contribution is 6.06. The average Bonchev–Trinajstić information content (AvgIpc) is 3.32. The lowest BCUT2D eigenvalue weighted by Gasteiger charge is -2.17. The molecule has 0 spiro atoms. The summed E-state index contributed by atoms with van der Waals surface area (Å²) in [6, 6.07) is 16.5. The van der Waals surface area contributed by atoms with Crippen LogP contribution in [0.25, 0.3) is 0 Å². The van der Waals surface area contributed by atoms with Gasteiger partial charge >= 0.3 is 0 Å². The van der Waals surface area contributed by atoms with Crippen LogP contribution in [0.5, 0.6) is 17.2 Å². The predicted octanol–water partition coefficient (Wildman–Crippen LogP) is 5.24. The Morgan fingerprint density at radius 2 is 1.77 bits per heavy atom. The van der Waals surface area contributed by atoms with Crippen molar-refractivity contribution in [3.8, 4) is 17.2 Å². The summed E-state index contributed by atoms with van der Waals surface area (Å²) in [5.41, 5.74) is 2.13. The minimum Gasteiger partial charge on any atom is -0.493 e. The summed E-state index contributed by atoms with van der Waals surface area (Å²) >= 11 is 0. The van der Waals surface area contributed by atoms with Crippen LogP contribution in [-0.4, -0.2) is 24.1 Å². The van der Waals surface area contributed by atoms with Crippen LogP contribution in [0.2, 0.25) is 0 Å². The molecule has 2 aromatic carbocycles. The van der Waals surface area contributed by atoms with Gasteiger partial charge in [0.1, 0.15) is 12.4 Å². The molecule has 1 N–H and O–H groups in total. The van der Waals surface area contributed by atoms with Gasteiger partial charge in [-0.15, -0.1) is 0 Å². The minimum atomic E-state index is -0.223. The van der Waals surface area contributed by atoms with Crippen LogP contribution in [0.4, 0.5) is 5.69 Å². The van der Waals surface area contributed by atoms with Crippen molar-refractivity contribution in [2.45, 2.75) is 38.4 Å². The summed E-state index contributed by atoms with van der Waals surface area (Å²) in [4.78, 5) is 17.0. The molecular weight excluding hydrogens is 392 g/mol. The maximum atomic E-state index is 13.0. The van der Waals surface area contributed by atoms with Crippen LogP contribution in [0.1, 0.15) is 41.6 Å². The third-order valence-corrected chi connectivity index (χ3v) is 5.29.